The summed E-state index contributed by atoms with van der Waals surface area (Å²) in [6, 6.07) is 6.23. The zero-order valence-electron chi connectivity index (χ0n) is 12.6. The minimum absolute atomic E-state index is 0.115. The van der Waals surface area contributed by atoms with E-state index in [0.29, 0.717) is 12.5 Å². The molecule has 0 atom stereocenters. The highest BCUT2D eigenvalue weighted by atomic mass is 16.5. The molecule has 1 amide bonds. The number of methoxy groups -OCH3 is 1. The van der Waals surface area contributed by atoms with Crippen LogP contribution in [-0.4, -0.2) is 44.1 Å². The van der Waals surface area contributed by atoms with Gasteiger partial charge in [-0.05, 0) is 57.1 Å². The van der Waals surface area contributed by atoms with Gasteiger partial charge in [0.05, 0.1) is 13.5 Å². The van der Waals surface area contributed by atoms with E-state index in [1.54, 1.807) is 7.11 Å². The second kappa shape index (κ2) is 6.75. The Morgan fingerprint density at radius 3 is 2.70 bits per heavy atom. The fourth-order valence-electron chi connectivity index (χ4n) is 2.67. The van der Waals surface area contributed by atoms with Gasteiger partial charge in [0.1, 0.15) is 5.75 Å². The Balaban J connectivity index is 1.86. The van der Waals surface area contributed by atoms with Crippen LogP contribution < -0.4 is 10.1 Å². The molecule has 1 aromatic carbocycles. The monoisotopic (exact) mass is 276 g/mol. The Kier molecular flexibility index (Phi) is 5.01. The normalized spacial score (nSPS) is 16.9. The van der Waals surface area contributed by atoms with Gasteiger partial charge in [0, 0.05) is 6.04 Å². The summed E-state index contributed by atoms with van der Waals surface area (Å²) in [5.74, 6) is 0.980. The number of hydrogen-bond donors (Lipinski definition) is 1. The number of aryl methyl sites for hydroxylation is 1. The van der Waals surface area contributed by atoms with Gasteiger partial charge in [0.2, 0.25) is 5.91 Å². The van der Waals surface area contributed by atoms with E-state index in [1.807, 2.05) is 25.1 Å². The number of ether oxygens (including phenoxy) is 1. The van der Waals surface area contributed by atoms with Crippen molar-refractivity contribution in [1.82, 2.24) is 10.2 Å². The van der Waals surface area contributed by atoms with Gasteiger partial charge in [-0.25, -0.2) is 0 Å². The molecule has 2 rings (SSSR count). The smallest absolute Gasteiger partial charge is 0.224 e. The first-order valence-electron chi connectivity index (χ1n) is 7.20. The minimum atomic E-state index is 0.115. The molecule has 1 heterocycles. The molecule has 0 saturated carbocycles. The molecule has 1 N–H and O–H groups in total. The van der Waals surface area contributed by atoms with Gasteiger partial charge in [-0.3, -0.25) is 4.79 Å². The predicted octanol–water partition coefficient (Wildman–Crippen LogP) is 1.76. The molecule has 1 fully saturated rings. The quantitative estimate of drug-likeness (QED) is 0.911. The van der Waals surface area contributed by atoms with Gasteiger partial charge in [-0.2, -0.15) is 0 Å². The number of nitrogens with one attached hydrogen (secondary N) is 1. The first-order valence-corrected chi connectivity index (χ1v) is 7.20. The molecule has 0 unspecified atom stereocenters. The van der Waals surface area contributed by atoms with E-state index in [1.165, 1.54) is 0 Å². The number of nitrogens with zero attached hydrogens (tertiary/aromatic N) is 1. The minimum Gasteiger partial charge on any atom is -0.496 e. The van der Waals surface area contributed by atoms with Crippen LogP contribution in [-0.2, 0) is 11.2 Å². The molecule has 20 heavy (non-hydrogen) atoms. The van der Waals surface area contributed by atoms with Crippen LogP contribution in [0.5, 0.6) is 5.75 Å². The molecule has 0 aromatic heterocycles. The maximum Gasteiger partial charge on any atom is 0.224 e. The Labute approximate surface area is 121 Å². The SMILES string of the molecule is COc1ccc(CC(=O)NC2CCN(C)CC2)cc1C. The fraction of sp³-hybridized carbons (Fsp3) is 0.562. The molecular weight excluding hydrogens is 252 g/mol. The first-order chi connectivity index (χ1) is 9.58. The lowest BCUT2D eigenvalue weighted by Gasteiger charge is -2.29. The van der Waals surface area contributed by atoms with E-state index in [-0.39, 0.29) is 5.91 Å². The summed E-state index contributed by atoms with van der Waals surface area (Å²) in [5.41, 5.74) is 2.10. The third-order valence-electron chi connectivity index (χ3n) is 3.91. The Hall–Kier alpha value is -1.55. The van der Waals surface area contributed by atoms with Crippen molar-refractivity contribution in [3.8, 4) is 5.75 Å². The second-order valence-electron chi connectivity index (χ2n) is 5.63. The number of piperidine rings is 1. The summed E-state index contributed by atoms with van der Waals surface area (Å²) >= 11 is 0. The van der Waals surface area contributed by atoms with Crippen molar-refractivity contribution in [1.29, 1.82) is 0 Å². The number of rotatable bonds is 4. The molecule has 4 nitrogen and oxygen atoms in total. The topological polar surface area (TPSA) is 41.6 Å². The molecule has 0 spiro atoms. The predicted molar refractivity (Wildman–Crippen MR) is 80.1 cm³/mol. The fourth-order valence-corrected chi connectivity index (χ4v) is 2.67. The number of carbonyl (C=O) groups excluding carboxylic acids is 1. The average Bonchev–Trinajstić information content (AvgIpc) is 2.41. The third-order valence-corrected chi connectivity index (χ3v) is 3.91. The molecule has 0 radical (unpaired) electrons. The number of amides is 1. The van der Waals surface area contributed by atoms with Gasteiger partial charge in [-0.15, -0.1) is 0 Å². The molecule has 1 aliphatic rings. The van der Waals surface area contributed by atoms with Crippen LogP contribution in [0.15, 0.2) is 18.2 Å². The maximum atomic E-state index is 12.1. The van der Waals surface area contributed by atoms with Crippen molar-refractivity contribution in [2.24, 2.45) is 0 Å². The van der Waals surface area contributed by atoms with Gasteiger partial charge in [0.15, 0.2) is 0 Å². The van der Waals surface area contributed by atoms with Crippen LogP contribution in [0.25, 0.3) is 0 Å². The molecule has 0 bridgehead atoms. The molecule has 4 heteroatoms. The highest BCUT2D eigenvalue weighted by molar-refractivity contribution is 5.79. The standard InChI is InChI=1S/C16H24N2O2/c1-12-10-13(4-5-15(12)20-3)11-16(19)17-14-6-8-18(2)9-7-14/h4-5,10,14H,6-9,11H2,1-3H3,(H,17,19). The largest absolute Gasteiger partial charge is 0.496 e. The van der Waals surface area contributed by atoms with E-state index < -0.39 is 0 Å². The molecular formula is C16H24N2O2. The van der Waals surface area contributed by atoms with Gasteiger partial charge in [-0.1, -0.05) is 12.1 Å². The summed E-state index contributed by atoms with van der Waals surface area (Å²) in [4.78, 5) is 14.4. The number of benzene rings is 1. The first kappa shape index (κ1) is 14.9. The van der Waals surface area contributed by atoms with Crippen molar-refractivity contribution in [3.05, 3.63) is 29.3 Å². The van der Waals surface area contributed by atoms with E-state index in [4.69, 9.17) is 4.74 Å². The van der Waals surface area contributed by atoms with Gasteiger partial charge in [0.25, 0.3) is 0 Å². The van der Waals surface area contributed by atoms with Crippen LogP contribution in [0.1, 0.15) is 24.0 Å². The van der Waals surface area contributed by atoms with Crippen molar-refractivity contribution in [2.75, 3.05) is 27.2 Å². The van der Waals surface area contributed by atoms with Crippen LogP contribution in [0.2, 0.25) is 0 Å². The number of hydrogen-bond acceptors (Lipinski definition) is 3. The van der Waals surface area contributed by atoms with E-state index >= 15 is 0 Å². The molecule has 1 aromatic rings. The van der Waals surface area contributed by atoms with Crippen LogP contribution in [0.4, 0.5) is 0 Å². The van der Waals surface area contributed by atoms with Crippen LogP contribution in [0.3, 0.4) is 0 Å². The van der Waals surface area contributed by atoms with Gasteiger partial charge >= 0.3 is 0 Å². The van der Waals surface area contributed by atoms with Crippen LogP contribution in [0, 0.1) is 6.92 Å². The highest BCUT2D eigenvalue weighted by Gasteiger charge is 2.18. The highest BCUT2D eigenvalue weighted by Crippen LogP contribution is 2.18. The van der Waals surface area contributed by atoms with Crippen molar-refractivity contribution in [2.45, 2.75) is 32.2 Å². The average molecular weight is 276 g/mol. The lowest BCUT2D eigenvalue weighted by molar-refractivity contribution is -0.121. The number of carbonyl (C=O) groups is 1. The molecule has 110 valence electrons. The van der Waals surface area contributed by atoms with E-state index in [9.17, 15) is 4.79 Å². The van der Waals surface area contributed by atoms with Gasteiger partial charge < -0.3 is 15.0 Å². The molecule has 1 saturated heterocycles. The zero-order valence-corrected chi connectivity index (χ0v) is 12.6. The summed E-state index contributed by atoms with van der Waals surface area (Å²) in [7, 11) is 3.78. The van der Waals surface area contributed by atoms with Crippen molar-refractivity contribution < 1.29 is 9.53 Å². The summed E-state index contributed by atoms with van der Waals surface area (Å²) in [5, 5.41) is 3.14. The summed E-state index contributed by atoms with van der Waals surface area (Å²) < 4.78 is 5.23. The molecule has 0 aliphatic carbocycles. The summed E-state index contributed by atoms with van der Waals surface area (Å²) in [6.07, 6.45) is 2.53. The number of likely N-dealkylation sites (tertiary alicyclic amines) is 1. The lowest BCUT2D eigenvalue weighted by atomic mass is 10.0. The van der Waals surface area contributed by atoms with Crippen molar-refractivity contribution >= 4 is 5.91 Å². The molecule has 1 aliphatic heterocycles. The zero-order chi connectivity index (χ0) is 14.5. The Morgan fingerprint density at radius 1 is 1.40 bits per heavy atom. The summed E-state index contributed by atoms with van der Waals surface area (Å²) in [6.45, 7) is 4.12. The second-order valence-corrected chi connectivity index (χ2v) is 5.63. The Morgan fingerprint density at radius 2 is 2.10 bits per heavy atom. The third kappa shape index (κ3) is 3.97. The van der Waals surface area contributed by atoms with Crippen LogP contribution >= 0.6 is 0 Å². The van der Waals surface area contributed by atoms with E-state index in [2.05, 4.69) is 17.3 Å². The lowest BCUT2D eigenvalue weighted by Crippen LogP contribution is -2.43. The van der Waals surface area contributed by atoms with E-state index in [0.717, 1.165) is 42.8 Å². The van der Waals surface area contributed by atoms with Crippen molar-refractivity contribution in [3.63, 3.8) is 0 Å². The maximum absolute atomic E-state index is 12.1. The Bertz CT molecular complexity index is 466.